The summed E-state index contributed by atoms with van der Waals surface area (Å²) >= 11 is 0. The summed E-state index contributed by atoms with van der Waals surface area (Å²) in [6.07, 6.45) is 4.59. The van der Waals surface area contributed by atoms with E-state index in [1.807, 2.05) is 12.1 Å². The maximum Gasteiger partial charge on any atom is 0.0694 e. The Kier molecular flexibility index (Phi) is 1.55. The molecule has 0 radical (unpaired) electrons. The fraction of sp³-hybridized carbons (Fsp3) is 0.250. The van der Waals surface area contributed by atoms with Crippen LogP contribution in [-0.2, 0) is 0 Å². The highest BCUT2D eigenvalue weighted by Gasteiger charge is 2.06. The van der Waals surface area contributed by atoms with Crippen LogP contribution < -0.4 is 5.43 Å². The first kappa shape index (κ1) is 6.34. The van der Waals surface area contributed by atoms with Crippen molar-refractivity contribution in [3.05, 3.63) is 30.1 Å². The van der Waals surface area contributed by atoms with Gasteiger partial charge in [-0.05, 0) is 12.1 Å². The van der Waals surface area contributed by atoms with Crippen LogP contribution >= 0.6 is 0 Å². The Morgan fingerprint density at radius 2 is 2.09 bits per heavy atom. The van der Waals surface area contributed by atoms with Crippen LogP contribution in [0.1, 0.15) is 12.0 Å². The molecule has 0 amide bonds. The van der Waals surface area contributed by atoms with Crippen LogP contribution in [0, 0.1) is 0 Å². The summed E-state index contributed by atoms with van der Waals surface area (Å²) in [7, 11) is 0. The number of nitrogens with one attached hydrogen (secondary N) is 1. The number of pyridine rings is 1. The van der Waals surface area contributed by atoms with Crippen molar-refractivity contribution in [2.75, 3.05) is 6.54 Å². The number of hydrogen-bond donors (Lipinski definition) is 1. The van der Waals surface area contributed by atoms with Crippen LogP contribution in [0.25, 0.3) is 0 Å². The van der Waals surface area contributed by atoms with Gasteiger partial charge in [-0.25, -0.2) is 0 Å². The molecular weight excluding hydrogens is 138 g/mol. The molecule has 0 atom stereocenters. The molecule has 11 heavy (non-hydrogen) atoms. The van der Waals surface area contributed by atoms with Gasteiger partial charge in [-0.3, -0.25) is 4.98 Å². The van der Waals surface area contributed by atoms with Crippen LogP contribution in [0.15, 0.2) is 29.6 Å². The molecule has 1 aliphatic rings. The molecule has 1 N–H and O–H groups in total. The van der Waals surface area contributed by atoms with Crippen LogP contribution in [0.4, 0.5) is 0 Å². The maximum absolute atomic E-state index is 4.14. The van der Waals surface area contributed by atoms with Crippen molar-refractivity contribution in [1.29, 1.82) is 0 Å². The summed E-state index contributed by atoms with van der Waals surface area (Å²) in [5, 5.41) is 4.14. The lowest BCUT2D eigenvalue weighted by Gasteiger charge is -1.95. The molecule has 0 fully saturated rings. The summed E-state index contributed by atoms with van der Waals surface area (Å²) in [6.45, 7) is 0.956. The second-order valence-electron chi connectivity index (χ2n) is 2.45. The molecule has 3 nitrogen and oxygen atoms in total. The average molecular weight is 147 g/mol. The van der Waals surface area contributed by atoms with Crippen molar-refractivity contribution >= 4 is 5.71 Å². The fourth-order valence-electron chi connectivity index (χ4n) is 1.13. The van der Waals surface area contributed by atoms with Crippen molar-refractivity contribution in [3.8, 4) is 0 Å². The molecule has 1 aromatic heterocycles. The zero-order valence-electron chi connectivity index (χ0n) is 6.12. The Balaban J connectivity index is 2.29. The Bertz CT molecular complexity index is 266. The molecule has 0 saturated carbocycles. The summed E-state index contributed by atoms with van der Waals surface area (Å²) in [4.78, 5) is 3.94. The number of aromatic nitrogens is 1. The molecule has 0 spiro atoms. The average Bonchev–Trinajstić information content (AvgIpc) is 2.58. The van der Waals surface area contributed by atoms with Gasteiger partial charge in [-0.1, -0.05) is 0 Å². The fourth-order valence-corrected chi connectivity index (χ4v) is 1.13. The van der Waals surface area contributed by atoms with E-state index in [1.54, 1.807) is 12.4 Å². The minimum atomic E-state index is 0.956. The molecule has 0 aromatic carbocycles. The summed E-state index contributed by atoms with van der Waals surface area (Å²) < 4.78 is 0. The predicted octanol–water partition coefficient (Wildman–Crippen LogP) is 0.779. The van der Waals surface area contributed by atoms with Crippen LogP contribution in [-0.4, -0.2) is 17.2 Å². The zero-order valence-corrected chi connectivity index (χ0v) is 6.12. The predicted molar refractivity (Wildman–Crippen MR) is 43.4 cm³/mol. The second kappa shape index (κ2) is 2.70. The van der Waals surface area contributed by atoms with E-state index in [-0.39, 0.29) is 0 Å². The highest BCUT2D eigenvalue weighted by Crippen LogP contribution is 2.05. The van der Waals surface area contributed by atoms with Gasteiger partial charge >= 0.3 is 0 Å². The monoisotopic (exact) mass is 147 g/mol. The Hall–Kier alpha value is -1.38. The van der Waals surface area contributed by atoms with Gasteiger partial charge in [-0.2, -0.15) is 5.10 Å². The standard InChI is InChI=1S/C8H9N3/c1-4-9-5-2-7(1)8-3-6-10-11-8/h1-2,4-5,10H,3,6H2. The van der Waals surface area contributed by atoms with E-state index in [1.165, 1.54) is 5.56 Å². The lowest BCUT2D eigenvalue weighted by Crippen LogP contribution is -1.97. The van der Waals surface area contributed by atoms with Gasteiger partial charge in [0.1, 0.15) is 0 Å². The summed E-state index contributed by atoms with van der Waals surface area (Å²) in [5.41, 5.74) is 5.24. The second-order valence-corrected chi connectivity index (χ2v) is 2.45. The van der Waals surface area contributed by atoms with E-state index in [0.29, 0.717) is 0 Å². The third-order valence-electron chi connectivity index (χ3n) is 1.70. The smallest absolute Gasteiger partial charge is 0.0694 e. The van der Waals surface area contributed by atoms with Gasteiger partial charge in [-0.15, -0.1) is 0 Å². The third-order valence-corrected chi connectivity index (χ3v) is 1.70. The van der Waals surface area contributed by atoms with Gasteiger partial charge < -0.3 is 5.43 Å². The third kappa shape index (κ3) is 1.22. The molecule has 0 unspecified atom stereocenters. The van der Waals surface area contributed by atoms with Crippen LogP contribution in [0.3, 0.4) is 0 Å². The molecule has 2 heterocycles. The molecule has 0 saturated heterocycles. The highest BCUT2D eigenvalue weighted by atomic mass is 15.3. The van der Waals surface area contributed by atoms with Crippen molar-refractivity contribution in [1.82, 2.24) is 10.4 Å². The molecule has 3 heteroatoms. The minimum Gasteiger partial charge on any atom is -0.309 e. The maximum atomic E-state index is 4.14. The van der Waals surface area contributed by atoms with Gasteiger partial charge in [0.15, 0.2) is 0 Å². The van der Waals surface area contributed by atoms with Gasteiger partial charge in [0.2, 0.25) is 0 Å². The Morgan fingerprint density at radius 1 is 1.27 bits per heavy atom. The largest absolute Gasteiger partial charge is 0.309 e. The van der Waals surface area contributed by atoms with Gasteiger partial charge in [0.25, 0.3) is 0 Å². The SMILES string of the molecule is c1cc(C2=NNCC2)ccn1. The first-order valence-corrected chi connectivity index (χ1v) is 3.66. The Morgan fingerprint density at radius 3 is 2.73 bits per heavy atom. The molecule has 56 valence electrons. The topological polar surface area (TPSA) is 37.3 Å². The minimum absolute atomic E-state index is 0.956. The lowest BCUT2D eigenvalue weighted by molar-refractivity contribution is 0.813. The van der Waals surface area contributed by atoms with Crippen molar-refractivity contribution in [2.24, 2.45) is 5.10 Å². The number of hydrazone groups is 1. The zero-order chi connectivity index (χ0) is 7.52. The van der Waals surface area contributed by atoms with E-state index < -0.39 is 0 Å². The van der Waals surface area contributed by atoms with E-state index in [0.717, 1.165) is 18.7 Å². The van der Waals surface area contributed by atoms with Crippen molar-refractivity contribution < 1.29 is 0 Å². The Labute approximate surface area is 65.2 Å². The van der Waals surface area contributed by atoms with Gasteiger partial charge in [0, 0.05) is 30.9 Å². The van der Waals surface area contributed by atoms with Crippen molar-refractivity contribution in [2.45, 2.75) is 6.42 Å². The van der Waals surface area contributed by atoms with Crippen molar-refractivity contribution in [3.63, 3.8) is 0 Å². The first-order valence-electron chi connectivity index (χ1n) is 3.66. The molecule has 0 aliphatic carbocycles. The lowest BCUT2D eigenvalue weighted by atomic mass is 10.1. The number of rotatable bonds is 1. The molecule has 1 aromatic rings. The van der Waals surface area contributed by atoms with Crippen LogP contribution in [0.5, 0.6) is 0 Å². The summed E-state index contributed by atoms with van der Waals surface area (Å²) in [5.74, 6) is 0. The van der Waals surface area contributed by atoms with E-state index >= 15 is 0 Å². The highest BCUT2D eigenvalue weighted by molar-refractivity contribution is 6.01. The van der Waals surface area contributed by atoms with E-state index in [9.17, 15) is 0 Å². The van der Waals surface area contributed by atoms with Gasteiger partial charge in [0.05, 0.1) is 5.71 Å². The van der Waals surface area contributed by atoms with E-state index in [2.05, 4.69) is 15.5 Å². The number of nitrogens with zero attached hydrogens (tertiary/aromatic N) is 2. The first-order chi connectivity index (χ1) is 5.47. The normalized spacial score (nSPS) is 15.8. The molecular formula is C8H9N3. The quantitative estimate of drug-likeness (QED) is 0.637. The molecule has 0 bridgehead atoms. The van der Waals surface area contributed by atoms with Crippen LogP contribution in [0.2, 0.25) is 0 Å². The van der Waals surface area contributed by atoms with E-state index in [4.69, 9.17) is 0 Å². The molecule has 2 rings (SSSR count). The molecule has 1 aliphatic heterocycles. The summed E-state index contributed by atoms with van der Waals surface area (Å²) in [6, 6.07) is 3.96. The number of hydrogen-bond acceptors (Lipinski definition) is 3.